The van der Waals surface area contributed by atoms with Crippen LogP contribution < -0.4 is 4.74 Å². The van der Waals surface area contributed by atoms with Crippen LogP contribution in [0.15, 0.2) is 24.3 Å². The van der Waals surface area contributed by atoms with Crippen LogP contribution in [0.2, 0.25) is 0 Å². The molecule has 3 aliphatic rings. The summed E-state index contributed by atoms with van der Waals surface area (Å²) in [5.74, 6) is -1.31. The summed E-state index contributed by atoms with van der Waals surface area (Å²) in [6, 6.07) is 5.50. The second kappa shape index (κ2) is 7.85. The maximum atomic E-state index is 13.1. The van der Waals surface area contributed by atoms with Crippen molar-refractivity contribution in [2.75, 3.05) is 13.7 Å². The zero-order chi connectivity index (χ0) is 21.6. The first-order chi connectivity index (χ1) is 14.3. The van der Waals surface area contributed by atoms with Crippen LogP contribution in [0, 0.1) is 29.6 Å². The Bertz CT molecular complexity index is 848. The molecule has 7 heteroatoms. The average Bonchev–Trinajstić information content (AvgIpc) is 3.42. The van der Waals surface area contributed by atoms with Crippen LogP contribution in [0.3, 0.4) is 0 Å². The fraction of sp³-hybridized carbons (Fsp3) is 0.565. The Balaban J connectivity index is 1.45. The lowest BCUT2D eigenvalue weighted by atomic mass is 9.81. The summed E-state index contributed by atoms with van der Waals surface area (Å²) in [7, 11) is 1.53. The quantitative estimate of drug-likeness (QED) is 0.388. The fourth-order valence-corrected chi connectivity index (χ4v) is 5.46. The van der Waals surface area contributed by atoms with Gasteiger partial charge in [-0.1, -0.05) is 13.8 Å². The number of imide groups is 1. The van der Waals surface area contributed by atoms with Crippen molar-refractivity contribution in [3.63, 3.8) is 0 Å². The normalized spacial score (nSPS) is 28.1. The molecule has 1 aromatic rings. The smallest absolute Gasteiger partial charge is 0.330 e. The first-order valence-electron chi connectivity index (χ1n) is 10.5. The SMILES string of the molecule is COc1ccc(C(=O)COC(=O)C(C(C)C)N2C(=O)[C@@H]3[C@H]4CC[C@H](C4)[C@@H]3C2=O)cc1. The molecule has 3 fully saturated rings. The second-order valence-electron chi connectivity index (χ2n) is 8.88. The summed E-state index contributed by atoms with van der Waals surface area (Å²) in [4.78, 5) is 52.5. The van der Waals surface area contributed by atoms with Crippen molar-refractivity contribution in [2.45, 2.75) is 39.2 Å². The summed E-state index contributed by atoms with van der Waals surface area (Å²) in [5, 5.41) is 0. The van der Waals surface area contributed by atoms with Gasteiger partial charge in [0.1, 0.15) is 11.8 Å². The molecule has 1 aromatic carbocycles. The van der Waals surface area contributed by atoms with E-state index < -0.39 is 18.6 Å². The van der Waals surface area contributed by atoms with E-state index >= 15 is 0 Å². The predicted octanol–water partition coefficient (Wildman–Crippen LogP) is 2.48. The van der Waals surface area contributed by atoms with E-state index in [1.54, 1.807) is 38.1 Å². The number of carbonyl (C=O) groups excluding carboxylic acids is 4. The molecule has 1 saturated heterocycles. The zero-order valence-electron chi connectivity index (χ0n) is 17.5. The summed E-state index contributed by atoms with van der Waals surface area (Å²) in [6.07, 6.45) is 2.89. The van der Waals surface area contributed by atoms with Crippen molar-refractivity contribution in [3.8, 4) is 5.75 Å². The number of esters is 1. The number of rotatable bonds is 7. The lowest BCUT2D eigenvalue weighted by Gasteiger charge is -2.28. The van der Waals surface area contributed by atoms with Gasteiger partial charge < -0.3 is 9.47 Å². The molecular weight excluding hydrogens is 386 g/mol. The zero-order valence-corrected chi connectivity index (χ0v) is 17.5. The van der Waals surface area contributed by atoms with E-state index in [0.29, 0.717) is 11.3 Å². The minimum atomic E-state index is -1.00. The highest BCUT2D eigenvalue weighted by molar-refractivity contribution is 6.09. The van der Waals surface area contributed by atoms with Crippen molar-refractivity contribution in [2.24, 2.45) is 29.6 Å². The van der Waals surface area contributed by atoms with E-state index in [1.807, 2.05) is 0 Å². The molecule has 0 aromatic heterocycles. The third-order valence-corrected chi connectivity index (χ3v) is 6.87. The van der Waals surface area contributed by atoms with Gasteiger partial charge in [-0.15, -0.1) is 0 Å². The number of likely N-dealkylation sites (tertiary alicyclic amines) is 1. The Morgan fingerprint density at radius 3 is 2.10 bits per heavy atom. The molecule has 2 amide bonds. The van der Waals surface area contributed by atoms with Crippen LogP contribution >= 0.6 is 0 Å². The maximum Gasteiger partial charge on any atom is 0.330 e. The largest absolute Gasteiger partial charge is 0.497 e. The van der Waals surface area contributed by atoms with Gasteiger partial charge in [-0.2, -0.15) is 0 Å². The number of hydrogen-bond acceptors (Lipinski definition) is 6. The Morgan fingerprint density at radius 2 is 1.60 bits per heavy atom. The average molecular weight is 413 g/mol. The van der Waals surface area contributed by atoms with Crippen LogP contribution in [-0.4, -0.2) is 48.2 Å². The molecular formula is C23H27NO6. The molecule has 4 rings (SSSR count). The predicted molar refractivity (Wildman–Crippen MR) is 107 cm³/mol. The third-order valence-electron chi connectivity index (χ3n) is 6.87. The van der Waals surface area contributed by atoms with E-state index in [-0.39, 0.29) is 47.2 Å². The summed E-state index contributed by atoms with van der Waals surface area (Å²) >= 11 is 0. The van der Waals surface area contributed by atoms with Gasteiger partial charge >= 0.3 is 5.97 Å². The highest BCUT2D eigenvalue weighted by atomic mass is 16.5. The molecule has 1 unspecified atom stereocenters. The van der Waals surface area contributed by atoms with Crippen molar-refractivity contribution in [1.29, 1.82) is 0 Å². The van der Waals surface area contributed by atoms with Gasteiger partial charge in [0.25, 0.3) is 0 Å². The topological polar surface area (TPSA) is 90.0 Å². The minimum Gasteiger partial charge on any atom is -0.497 e. The molecule has 1 heterocycles. The molecule has 2 bridgehead atoms. The number of hydrogen-bond donors (Lipinski definition) is 0. The summed E-state index contributed by atoms with van der Waals surface area (Å²) in [6.45, 7) is 3.11. The van der Waals surface area contributed by atoms with Crippen LogP contribution in [-0.2, 0) is 19.1 Å². The van der Waals surface area contributed by atoms with Crippen molar-refractivity contribution in [3.05, 3.63) is 29.8 Å². The molecule has 5 atom stereocenters. The molecule has 7 nitrogen and oxygen atoms in total. The molecule has 0 radical (unpaired) electrons. The van der Waals surface area contributed by atoms with Gasteiger partial charge in [-0.05, 0) is 61.3 Å². The highest BCUT2D eigenvalue weighted by Gasteiger charge is 2.62. The Kier molecular flexibility index (Phi) is 5.38. The van der Waals surface area contributed by atoms with Gasteiger partial charge in [0, 0.05) is 5.56 Å². The Hall–Kier alpha value is -2.70. The number of Topliss-reactive ketones (excluding diaryl/α,β-unsaturated/α-hetero) is 1. The number of methoxy groups -OCH3 is 1. The second-order valence-corrected chi connectivity index (χ2v) is 8.88. The number of benzene rings is 1. The van der Waals surface area contributed by atoms with E-state index in [0.717, 1.165) is 24.2 Å². The molecule has 2 saturated carbocycles. The minimum absolute atomic E-state index is 0.241. The standard InChI is InChI=1S/C23H27NO6/c1-12(2)20(23(28)30-11-17(25)13-6-8-16(29-3)9-7-13)24-21(26)18-14-4-5-15(10-14)19(18)22(24)27/h6-9,12,14-15,18-20H,4-5,10-11H2,1-3H3/t14-,15+,18+,19-,20?. The maximum absolute atomic E-state index is 13.1. The van der Waals surface area contributed by atoms with E-state index in [1.165, 1.54) is 7.11 Å². The lowest BCUT2D eigenvalue weighted by Crippen LogP contribution is -2.50. The number of nitrogens with zero attached hydrogens (tertiary/aromatic N) is 1. The van der Waals surface area contributed by atoms with Crippen LogP contribution in [0.4, 0.5) is 0 Å². The Labute approximate surface area is 175 Å². The van der Waals surface area contributed by atoms with Gasteiger partial charge in [-0.3, -0.25) is 19.3 Å². The van der Waals surface area contributed by atoms with Crippen LogP contribution in [0.5, 0.6) is 5.75 Å². The highest BCUT2D eigenvalue weighted by Crippen LogP contribution is 2.56. The van der Waals surface area contributed by atoms with Gasteiger partial charge in [-0.25, -0.2) is 4.79 Å². The molecule has 2 aliphatic carbocycles. The number of carbonyl (C=O) groups is 4. The number of ketones is 1. The first kappa shape index (κ1) is 20.6. The number of amides is 2. The monoisotopic (exact) mass is 413 g/mol. The van der Waals surface area contributed by atoms with Crippen LogP contribution in [0.1, 0.15) is 43.5 Å². The Morgan fingerprint density at radius 1 is 1.03 bits per heavy atom. The van der Waals surface area contributed by atoms with Gasteiger partial charge in [0.15, 0.2) is 12.4 Å². The fourth-order valence-electron chi connectivity index (χ4n) is 5.46. The van der Waals surface area contributed by atoms with E-state index in [9.17, 15) is 19.2 Å². The van der Waals surface area contributed by atoms with Gasteiger partial charge in [0.05, 0.1) is 18.9 Å². The van der Waals surface area contributed by atoms with Gasteiger partial charge in [0.2, 0.25) is 11.8 Å². The molecule has 0 N–H and O–H groups in total. The summed E-state index contributed by atoms with van der Waals surface area (Å²) < 4.78 is 10.3. The van der Waals surface area contributed by atoms with Crippen molar-refractivity contribution in [1.82, 2.24) is 4.90 Å². The number of ether oxygens (including phenoxy) is 2. The van der Waals surface area contributed by atoms with E-state index in [2.05, 4.69) is 0 Å². The molecule has 30 heavy (non-hydrogen) atoms. The molecule has 1 aliphatic heterocycles. The first-order valence-corrected chi connectivity index (χ1v) is 10.5. The third kappa shape index (κ3) is 3.30. The molecule has 0 spiro atoms. The van der Waals surface area contributed by atoms with Crippen LogP contribution in [0.25, 0.3) is 0 Å². The number of fused-ring (bicyclic) bond motifs is 5. The lowest BCUT2D eigenvalue weighted by molar-refractivity contribution is -0.160. The molecule has 160 valence electrons. The summed E-state index contributed by atoms with van der Waals surface area (Å²) in [5.41, 5.74) is 0.393. The van der Waals surface area contributed by atoms with E-state index in [4.69, 9.17) is 9.47 Å². The van der Waals surface area contributed by atoms with Crippen molar-refractivity contribution >= 4 is 23.6 Å². The van der Waals surface area contributed by atoms with Crippen molar-refractivity contribution < 1.29 is 28.7 Å².